The van der Waals surface area contributed by atoms with Gasteiger partial charge >= 0.3 is 11.6 Å². The zero-order valence-electron chi connectivity index (χ0n) is 15.9. The molecule has 0 saturated heterocycles. The van der Waals surface area contributed by atoms with Crippen LogP contribution in [0.15, 0.2) is 56.2 Å². The van der Waals surface area contributed by atoms with E-state index in [4.69, 9.17) is 13.9 Å². The Balaban J connectivity index is 1.55. The lowest BCUT2D eigenvalue weighted by atomic mass is 10.1. The second-order valence-electron chi connectivity index (χ2n) is 6.73. The lowest BCUT2D eigenvalue weighted by Gasteiger charge is -2.08. The number of halogens is 1. The summed E-state index contributed by atoms with van der Waals surface area (Å²) in [6.07, 6.45) is 5.57. The van der Waals surface area contributed by atoms with Gasteiger partial charge in [0.05, 0.1) is 6.61 Å². The molecule has 0 radical (unpaired) electrons. The van der Waals surface area contributed by atoms with Gasteiger partial charge in [0, 0.05) is 33.1 Å². The van der Waals surface area contributed by atoms with Crippen molar-refractivity contribution in [1.29, 1.82) is 0 Å². The normalized spacial score (nSPS) is 13.0. The van der Waals surface area contributed by atoms with E-state index in [1.165, 1.54) is 6.08 Å². The fourth-order valence-electron chi connectivity index (χ4n) is 3.57. The van der Waals surface area contributed by atoms with Crippen LogP contribution in [0, 0.1) is 0 Å². The minimum absolute atomic E-state index is 0.300. The lowest BCUT2D eigenvalue weighted by Crippen LogP contribution is -2.07. The first kappa shape index (κ1) is 19.5. The molecule has 1 aliphatic rings. The molecular formula is C23H19BrO5. The molecule has 2 aromatic carbocycles. The van der Waals surface area contributed by atoms with Crippen LogP contribution in [0.1, 0.15) is 30.0 Å². The van der Waals surface area contributed by atoms with Crippen LogP contribution in [0.2, 0.25) is 0 Å². The van der Waals surface area contributed by atoms with Crippen molar-refractivity contribution < 1.29 is 18.7 Å². The largest absolute Gasteiger partial charge is 0.493 e. The van der Waals surface area contributed by atoms with Crippen molar-refractivity contribution in [2.75, 3.05) is 6.61 Å². The Labute approximate surface area is 176 Å². The van der Waals surface area contributed by atoms with Gasteiger partial charge < -0.3 is 13.9 Å². The maximum atomic E-state index is 12.3. The summed E-state index contributed by atoms with van der Waals surface area (Å²) < 4.78 is 17.3. The summed E-state index contributed by atoms with van der Waals surface area (Å²) in [6, 6.07) is 10.7. The van der Waals surface area contributed by atoms with E-state index < -0.39 is 5.97 Å². The molecule has 0 atom stereocenters. The number of benzene rings is 2. The van der Waals surface area contributed by atoms with Gasteiger partial charge in [-0.05, 0) is 68.2 Å². The fraction of sp³-hybridized carbons (Fsp3) is 0.217. The van der Waals surface area contributed by atoms with Gasteiger partial charge in [-0.15, -0.1) is 0 Å². The number of ether oxygens (including phenoxy) is 2. The summed E-state index contributed by atoms with van der Waals surface area (Å²) in [4.78, 5) is 24.4. The molecule has 4 rings (SSSR count). The molecule has 5 nitrogen and oxygen atoms in total. The monoisotopic (exact) mass is 454 g/mol. The molecule has 0 bridgehead atoms. The second-order valence-corrected chi connectivity index (χ2v) is 7.64. The molecule has 1 heterocycles. The maximum Gasteiger partial charge on any atom is 0.339 e. The topological polar surface area (TPSA) is 65.7 Å². The van der Waals surface area contributed by atoms with Crippen molar-refractivity contribution in [2.45, 2.75) is 26.2 Å². The van der Waals surface area contributed by atoms with E-state index in [2.05, 4.69) is 15.9 Å². The summed E-state index contributed by atoms with van der Waals surface area (Å²) in [5.74, 6) is 0.476. The van der Waals surface area contributed by atoms with Gasteiger partial charge in [0.15, 0.2) is 0 Å². The van der Waals surface area contributed by atoms with Crippen molar-refractivity contribution in [3.05, 3.63) is 74.1 Å². The fourth-order valence-corrected chi connectivity index (χ4v) is 3.95. The highest BCUT2D eigenvalue weighted by Gasteiger charge is 2.19. The van der Waals surface area contributed by atoms with E-state index in [-0.39, 0.29) is 5.63 Å². The summed E-state index contributed by atoms with van der Waals surface area (Å²) in [5.41, 5.74) is 2.72. The Hall–Kier alpha value is -2.86. The van der Waals surface area contributed by atoms with Gasteiger partial charge in [-0.1, -0.05) is 15.9 Å². The molecule has 0 spiro atoms. The third kappa shape index (κ3) is 4.12. The van der Waals surface area contributed by atoms with Gasteiger partial charge in [-0.25, -0.2) is 9.59 Å². The Morgan fingerprint density at radius 1 is 1.17 bits per heavy atom. The van der Waals surface area contributed by atoms with Crippen molar-refractivity contribution >= 4 is 38.9 Å². The molecule has 148 valence electrons. The first-order valence-electron chi connectivity index (χ1n) is 9.46. The Morgan fingerprint density at radius 3 is 2.83 bits per heavy atom. The van der Waals surface area contributed by atoms with Crippen LogP contribution in [-0.2, 0) is 17.6 Å². The zero-order chi connectivity index (χ0) is 20.4. The van der Waals surface area contributed by atoms with E-state index in [1.807, 2.05) is 31.2 Å². The number of hydrogen-bond donors (Lipinski definition) is 0. The van der Waals surface area contributed by atoms with E-state index in [0.717, 1.165) is 45.8 Å². The predicted octanol–water partition coefficient (Wildman–Crippen LogP) is 5.06. The van der Waals surface area contributed by atoms with Crippen LogP contribution in [0.3, 0.4) is 0 Å². The van der Waals surface area contributed by atoms with Crippen LogP contribution < -0.4 is 15.1 Å². The van der Waals surface area contributed by atoms with Crippen LogP contribution in [0.5, 0.6) is 11.5 Å². The van der Waals surface area contributed by atoms with Crippen molar-refractivity contribution in [2.24, 2.45) is 0 Å². The molecule has 3 aromatic rings. The Kier molecular flexibility index (Phi) is 5.53. The molecule has 1 aliphatic carbocycles. The number of carbonyl (C=O) groups excluding carboxylic acids is 1. The van der Waals surface area contributed by atoms with E-state index in [0.29, 0.717) is 23.7 Å². The number of rotatable bonds is 5. The van der Waals surface area contributed by atoms with Gasteiger partial charge in [-0.3, -0.25) is 0 Å². The third-order valence-corrected chi connectivity index (χ3v) is 5.33. The number of aryl methyl sites for hydroxylation is 1. The predicted molar refractivity (Wildman–Crippen MR) is 114 cm³/mol. The highest BCUT2D eigenvalue weighted by Crippen LogP contribution is 2.30. The van der Waals surface area contributed by atoms with Gasteiger partial charge in [0.25, 0.3) is 0 Å². The van der Waals surface area contributed by atoms with Crippen LogP contribution in [0.4, 0.5) is 0 Å². The summed E-state index contributed by atoms with van der Waals surface area (Å²) in [5, 5.41) is 0.905. The highest BCUT2D eigenvalue weighted by molar-refractivity contribution is 9.10. The Morgan fingerprint density at radius 2 is 2.00 bits per heavy atom. The SMILES string of the molecule is CCOc1ccc(Br)cc1/C=C/C(=O)Oc1ccc2c3c(c(=O)oc2c1)CCC3. The number of carbonyl (C=O) groups is 1. The molecule has 0 saturated carbocycles. The minimum atomic E-state index is -0.532. The molecule has 1 aromatic heterocycles. The third-order valence-electron chi connectivity index (χ3n) is 4.83. The summed E-state index contributed by atoms with van der Waals surface area (Å²) >= 11 is 3.42. The van der Waals surface area contributed by atoms with Gasteiger partial charge in [-0.2, -0.15) is 0 Å². The first-order chi connectivity index (χ1) is 14.0. The standard InChI is InChI=1S/C23H19BrO5/c1-2-27-20-10-7-15(24)12-14(20)6-11-22(25)28-16-8-9-18-17-4-3-5-19(17)23(26)29-21(18)13-16/h6-13H,2-5H2,1H3/b11-6+. The highest BCUT2D eigenvalue weighted by atomic mass is 79.9. The number of esters is 1. The summed E-state index contributed by atoms with van der Waals surface area (Å²) in [7, 11) is 0. The molecule has 0 amide bonds. The molecule has 0 unspecified atom stereocenters. The number of fused-ring (bicyclic) bond motifs is 3. The van der Waals surface area contributed by atoms with E-state index in [9.17, 15) is 9.59 Å². The van der Waals surface area contributed by atoms with E-state index in [1.54, 1.807) is 18.2 Å². The number of hydrogen-bond acceptors (Lipinski definition) is 5. The van der Waals surface area contributed by atoms with Gasteiger partial charge in [0.2, 0.25) is 0 Å². The molecule has 0 N–H and O–H groups in total. The molecule has 6 heteroatoms. The van der Waals surface area contributed by atoms with Crippen molar-refractivity contribution in [1.82, 2.24) is 0 Å². The van der Waals surface area contributed by atoms with Crippen LogP contribution >= 0.6 is 15.9 Å². The maximum absolute atomic E-state index is 12.3. The molecule has 29 heavy (non-hydrogen) atoms. The quantitative estimate of drug-likeness (QED) is 0.233. The minimum Gasteiger partial charge on any atom is -0.493 e. The zero-order valence-corrected chi connectivity index (χ0v) is 17.5. The van der Waals surface area contributed by atoms with Crippen molar-refractivity contribution in [3.8, 4) is 11.5 Å². The average molecular weight is 455 g/mol. The van der Waals surface area contributed by atoms with Crippen LogP contribution in [-0.4, -0.2) is 12.6 Å². The smallest absolute Gasteiger partial charge is 0.339 e. The molecule has 0 fully saturated rings. The van der Waals surface area contributed by atoms with E-state index >= 15 is 0 Å². The van der Waals surface area contributed by atoms with Gasteiger partial charge in [0.1, 0.15) is 17.1 Å². The lowest BCUT2D eigenvalue weighted by molar-refractivity contribution is -0.128. The average Bonchev–Trinajstić information content (AvgIpc) is 3.19. The second kappa shape index (κ2) is 8.25. The summed E-state index contributed by atoms with van der Waals surface area (Å²) in [6.45, 7) is 2.43. The Bertz CT molecular complexity index is 1180. The van der Waals surface area contributed by atoms with Crippen molar-refractivity contribution in [3.63, 3.8) is 0 Å². The van der Waals surface area contributed by atoms with Crippen LogP contribution in [0.25, 0.3) is 17.0 Å². The molecule has 0 aliphatic heterocycles. The molecular weight excluding hydrogens is 436 g/mol. The first-order valence-corrected chi connectivity index (χ1v) is 10.3.